The Labute approximate surface area is 152 Å². The molecule has 1 aromatic carbocycles. The number of aliphatic carboxylic acids is 1. The number of amides is 1. The van der Waals surface area contributed by atoms with E-state index < -0.39 is 21.9 Å². The van der Waals surface area contributed by atoms with Crippen LogP contribution in [0, 0.1) is 0 Å². The molecule has 1 heterocycles. The van der Waals surface area contributed by atoms with Crippen molar-refractivity contribution in [1.29, 1.82) is 0 Å². The fourth-order valence-corrected chi connectivity index (χ4v) is 3.45. The smallest absolute Gasteiger partial charge is 0.305 e. The van der Waals surface area contributed by atoms with Crippen LogP contribution in [0.4, 0.5) is 5.69 Å². The van der Waals surface area contributed by atoms with Gasteiger partial charge in [0.05, 0.1) is 30.1 Å². The summed E-state index contributed by atoms with van der Waals surface area (Å²) in [7, 11) is -0.869. The Morgan fingerprint density at radius 2 is 1.92 bits per heavy atom. The van der Waals surface area contributed by atoms with Crippen LogP contribution in [0.5, 0.6) is 0 Å². The number of hydrogen-bond acceptors (Lipinski definition) is 6. The summed E-state index contributed by atoms with van der Waals surface area (Å²) in [6, 6.07) is 4.40. The fraction of sp³-hybridized carbons (Fsp3) is 0.500. The van der Waals surface area contributed by atoms with Gasteiger partial charge in [0.25, 0.3) is 5.91 Å². The number of morpholine rings is 1. The van der Waals surface area contributed by atoms with Gasteiger partial charge in [-0.2, -0.15) is 0 Å². The molecule has 26 heavy (non-hydrogen) atoms. The quantitative estimate of drug-likeness (QED) is 0.677. The number of carbonyl (C=O) groups excluding carboxylic acids is 1. The van der Waals surface area contributed by atoms with Crippen molar-refractivity contribution in [3.8, 4) is 0 Å². The average Bonchev–Trinajstić information content (AvgIpc) is 2.61. The van der Waals surface area contributed by atoms with Crippen LogP contribution in [0.2, 0.25) is 0 Å². The van der Waals surface area contributed by atoms with E-state index in [2.05, 4.69) is 5.32 Å². The Kier molecular flexibility index (Phi) is 6.57. The number of benzene rings is 1. The van der Waals surface area contributed by atoms with E-state index in [0.717, 1.165) is 4.31 Å². The maximum absolute atomic E-state index is 12.6. The molecule has 0 bridgehead atoms. The van der Waals surface area contributed by atoms with E-state index in [-0.39, 0.29) is 23.4 Å². The van der Waals surface area contributed by atoms with E-state index in [4.69, 9.17) is 9.84 Å². The molecule has 0 aromatic heterocycles. The molecule has 10 heteroatoms. The molecule has 0 unspecified atom stereocenters. The number of carbonyl (C=O) groups is 2. The monoisotopic (exact) mass is 385 g/mol. The zero-order chi connectivity index (χ0) is 19.3. The number of sulfonamides is 1. The number of hydrogen-bond donors (Lipinski definition) is 2. The first-order valence-corrected chi connectivity index (χ1v) is 9.56. The molecule has 0 aliphatic carbocycles. The van der Waals surface area contributed by atoms with Crippen molar-refractivity contribution in [3.05, 3.63) is 23.8 Å². The van der Waals surface area contributed by atoms with Crippen molar-refractivity contribution in [2.75, 3.05) is 51.8 Å². The fourth-order valence-electron chi connectivity index (χ4n) is 2.53. The minimum Gasteiger partial charge on any atom is -0.481 e. The summed E-state index contributed by atoms with van der Waals surface area (Å²) < 4.78 is 31.1. The van der Waals surface area contributed by atoms with E-state index in [0.29, 0.717) is 32.0 Å². The van der Waals surface area contributed by atoms with E-state index in [1.807, 2.05) is 4.90 Å². The maximum atomic E-state index is 12.6. The van der Waals surface area contributed by atoms with Gasteiger partial charge >= 0.3 is 5.97 Å². The van der Waals surface area contributed by atoms with Crippen molar-refractivity contribution < 1.29 is 27.9 Å². The first-order valence-electron chi connectivity index (χ1n) is 8.12. The Bertz CT molecular complexity index is 772. The van der Waals surface area contributed by atoms with Crippen LogP contribution in [0.15, 0.2) is 23.1 Å². The summed E-state index contributed by atoms with van der Waals surface area (Å²) in [5.74, 6) is -1.54. The third-order valence-corrected chi connectivity index (χ3v) is 5.78. The largest absolute Gasteiger partial charge is 0.481 e. The number of nitrogens with zero attached hydrogens (tertiary/aromatic N) is 2. The SMILES string of the molecule is CN(C)S(=O)(=O)c1ccc(N2CCOCC2)c(C(=O)NCCC(=O)O)c1. The lowest BCUT2D eigenvalue weighted by molar-refractivity contribution is -0.136. The molecular weight excluding hydrogens is 362 g/mol. The summed E-state index contributed by atoms with van der Waals surface area (Å²) >= 11 is 0. The highest BCUT2D eigenvalue weighted by Gasteiger charge is 2.24. The first kappa shape index (κ1) is 20.1. The van der Waals surface area contributed by atoms with Gasteiger partial charge in [0, 0.05) is 39.4 Å². The summed E-state index contributed by atoms with van der Waals surface area (Å²) in [5, 5.41) is 11.2. The molecule has 0 atom stereocenters. The molecule has 1 fully saturated rings. The topological polar surface area (TPSA) is 116 Å². The standard InChI is InChI=1S/C16H23N3O6S/c1-18(2)26(23,24)12-3-4-14(19-7-9-25-10-8-19)13(11-12)16(22)17-6-5-15(20)21/h3-4,11H,5-10H2,1-2H3,(H,17,22)(H,20,21). The molecule has 1 aliphatic heterocycles. The van der Waals surface area contributed by atoms with Crippen LogP contribution in [0.3, 0.4) is 0 Å². The van der Waals surface area contributed by atoms with Crippen LogP contribution in [0.1, 0.15) is 16.8 Å². The lowest BCUT2D eigenvalue weighted by atomic mass is 10.1. The molecule has 0 saturated carbocycles. The molecule has 0 radical (unpaired) electrons. The van der Waals surface area contributed by atoms with Gasteiger partial charge in [0.15, 0.2) is 0 Å². The second kappa shape index (κ2) is 8.47. The van der Waals surface area contributed by atoms with Crippen molar-refractivity contribution >= 4 is 27.6 Å². The molecule has 1 aromatic rings. The Morgan fingerprint density at radius 1 is 1.27 bits per heavy atom. The van der Waals surface area contributed by atoms with Gasteiger partial charge < -0.3 is 20.1 Å². The molecule has 2 N–H and O–H groups in total. The third-order valence-electron chi connectivity index (χ3n) is 3.97. The van der Waals surface area contributed by atoms with Crippen LogP contribution in [0.25, 0.3) is 0 Å². The minimum atomic E-state index is -3.70. The number of ether oxygens (including phenoxy) is 1. The normalized spacial score (nSPS) is 15.1. The first-order chi connectivity index (χ1) is 12.2. The second-order valence-electron chi connectivity index (χ2n) is 5.97. The van der Waals surface area contributed by atoms with Gasteiger partial charge in [0.2, 0.25) is 10.0 Å². The Hall–Kier alpha value is -2.17. The van der Waals surface area contributed by atoms with Crippen molar-refractivity contribution in [1.82, 2.24) is 9.62 Å². The highest BCUT2D eigenvalue weighted by molar-refractivity contribution is 7.89. The summed E-state index contributed by atoms with van der Waals surface area (Å²) in [6.45, 7) is 2.14. The molecule has 1 amide bonds. The Morgan fingerprint density at radius 3 is 2.50 bits per heavy atom. The van der Waals surface area contributed by atoms with E-state index >= 15 is 0 Å². The van der Waals surface area contributed by atoms with Gasteiger partial charge in [-0.1, -0.05) is 0 Å². The summed E-state index contributed by atoms with van der Waals surface area (Å²) in [4.78, 5) is 25.2. The molecule has 0 spiro atoms. The van der Waals surface area contributed by atoms with Crippen molar-refractivity contribution in [3.63, 3.8) is 0 Å². The second-order valence-corrected chi connectivity index (χ2v) is 8.12. The molecule has 144 valence electrons. The number of anilines is 1. The van der Waals surface area contributed by atoms with E-state index in [1.165, 1.54) is 26.2 Å². The predicted molar refractivity (Wildman–Crippen MR) is 94.9 cm³/mol. The summed E-state index contributed by atoms with van der Waals surface area (Å²) in [6.07, 6.45) is -0.214. The molecule has 1 saturated heterocycles. The minimum absolute atomic E-state index is 0.00268. The molecule has 9 nitrogen and oxygen atoms in total. The summed E-state index contributed by atoms with van der Waals surface area (Å²) in [5.41, 5.74) is 0.791. The van der Waals surface area contributed by atoms with Crippen LogP contribution in [-0.4, -0.2) is 76.6 Å². The average molecular weight is 385 g/mol. The van der Waals surface area contributed by atoms with Gasteiger partial charge in [-0.25, -0.2) is 12.7 Å². The number of carboxylic acids is 1. The lowest BCUT2D eigenvalue weighted by Crippen LogP contribution is -2.38. The Balaban J connectivity index is 2.38. The van der Waals surface area contributed by atoms with Gasteiger partial charge in [0.1, 0.15) is 0 Å². The van der Waals surface area contributed by atoms with Crippen molar-refractivity contribution in [2.24, 2.45) is 0 Å². The highest BCUT2D eigenvalue weighted by atomic mass is 32.2. The van der Waals surface area contributed by atoms with Crippen LogP contribution in [-0.2, 0) is 19.6 Å². The number of nitrogens with one attached hydrogen (secondary N) is 1. The molecule has 2 rings (SSSR count). The van der Waals surface area contributed by atoms with E-state index in [9.17, 15) is 18.0 Å². The van der Waals surface area contributed by atoms with Crippen LogP contribution >= 0.6 is 0 Å². The maximum Gasteiger partial charge on any atom is 0.305 e. The zero-order valence-electron chi connectivity index (χ0n) is 14.8. The molecular formula is C16H23N3O6S. The lowest BCUT2D eigenvalue weighted by Gasteiger charge is -2.30. The van der Waals surface area contributed by atoms with E-state index in [1.54, 1.807) is 6.07 Å². The van der Waals surface area contributed by atoms with Crippen LogP contribution < -0.4 is 10.2 Å². The molecule has 1 aliphatic rings. The van der Waals surface area contributed by atoms with Crippen molar-refractivity contribution in [2.45, 2.75) is 11.3 Å². The van der Waals surface area contributed by atoms with Gasteiger partial charge in [-0.05, 0) is 18.2 Å². The predicted octanol–water partition coefficient (Wildman–Crippen LogP) is -0.0220. The van der Waals surface area contributed by atoms with Gasteiger partial charge in [-0.3, -0.25) is 9.59 Å². The number of rotatable bonds is 7. The third kappa shape index (κ3) is 4.71. The zero-order valence-corrected chi connectivity index (χ0v) is 15.6. The van der Waals surface area contributed by atoms with Gasteiger partial charge in [-0.15, -0.1) is 0 Å². The highest BCUT2D eigenvalue weighted by Crippen LogP contribution is 2.26. The number of carboxylic acid groups (broad SMARTS) is 1.